The highest BCUT2D eigenvalue weighted by Gasteiger charge is 1.98. The molecule has 0 aliphatic rings. The fourth-order valence-corrected chi connectivity index (χ4v) is 1.69. The van der Waals surface area contributed by atoms with Crippen LogP contribution in [0.15, 0.2) is 0 Å². The Morgan fingerprint density at radius 3 is 2.33 bits per heavy atom. The van der Waals surface area contributed by atoms with E-state index >= 15 is 0 Å². The topological polar surface area (TPSA) is 30.9 Å². The molecule has 1 heterocycles. The van der Waals surface area contributed by atoms with Gasteiger partial charge in [-0.15, -0.1) is 0 Å². The van der Waals surface area contributed by atoms with Gasteiger partial charge < -0.3 is 10.3 Å². The van der Waals surface area contributed by atoms with Crippen LogP contribution in [0.4, 0.5) is 5.00 Å². The number of nitrogens with two attached hydrogens (primary N) is 1. The van der Waals surface area contributed by atoms with Crippen LogP contribution < -0.4 is 5.73 Å². The second-order valence-electron chi connectivity index (χ2n) is 1.88. The molecule has 2 nitrogen and oxygen atoms in total. The molecule has 0 fully saturated rings. The molecule has 9 heavy (non-hydrogen) atoms. The fourth-order valence-electron chi connectivity index (χ4n) is 0.539. The molecule has 0 unspecified atom stereocenters. The van der Waals surface area contributed by atoms with Crippen molar-refractivity contribution in [3.63, 3.8) is 0 Å². The van der Waals surface area contributed by atoms with Gasteiger partial charge in [0.2, 0.25) is 0 Å². The van der Waals surface area contributed by atoms with Crippen molar-refractivity contribution < 1.29 is 0 Å². The van der Waals surface area contributed by atoms with Crippen molar-refractivity contribution in [2.24, 2.45) is 7.05 Å². The highest BCUT2D eigenvalue weighted by atomic mass is 32.1. The molecule has 4 heteroatoms. The molecule has 0 spiro atoms. The molecule has 0 radical (unpaired) electrons. The van der Waals surface area contributed by atoms with Crippen molar-refractivity contribution in [3.05, 3.63) is 9.65 Å². The largest absolute Gasteiger partial charge is 0.389 e. The van der Waals surface area contributed by atoms with Crippen LogP contribution >= 0.6 is 23.6 Å². The number of thiazole rings is 1. The molecule has 1 aromatic rings. The Kier molecular flexibility index (Phi) is 1.59. The summed E-state index contributed by atoms with van der Waals surface area (Å²) < 4.78 is 2.75. The van der Waals surface area contributed by atoms with Gasteiger partial charge in [-0.25, -0.2) is 0 Å². The number of nitrogens with zero attached hydrogens (tertiary/aromatic N) is 1. The molecule has 1 aromatic heterocycles. The molecule has 0 saturated carbocycles. The summed E-state index contributed by atoms with van der Waals surface area (Å²) in [4.78, 5) is 0. The lowest BCUT2D eigenvalue weighted by Gasteiger charge is -1.92. The first kappa shape index (κ1) is 6.77. The van der Waals surface area contributed by atoms with Crippen molar-refractivity contribution in [2.45, 2.75) is 6.92 Å². The first-order valence-electron chi connectivity index (χ1n) is 2.55. The summed E-state index contributed by atoms with van der Waals surface area (Å²) in [6, 6.07) is 0. The number of hydrogen-bond acceptors (Lipinski definition) is 3. The van der Waals surface area contributed by atoms with Gasteiger partial charge in [0.15, 0.2) is 3.95 Å². The van der Waals surface area contributed by atoms with Crippen molar-refractivity contribution in [2.75, 3.05) is 5.73 Å². The van der Waals surface area contributed by atoms with Gasteiger partial charge in [-0.2, -0.15) is 0 Å². The van der Waals surface area contributed by atoms with Gasteiger partial charge in [-0.3, -0.25) is 0 Å². The van der Waals surface area contributed by atoms with E-state index < -0.39 is 0 Å². The van der Waals surface area contributed by atoms with E-state index in [4.69, 9.17) is 18.0 Å². The van der Waals surface area contributed by atoms with E-state index in [-0.39, 0.29) is 0 Å². The molecule has 0 aliphatic heterocycles. The normalized spacial score (nSPS) is 10.0. The minimum atomic E-state index is 0.822. The number of hydrogen-bond donors (Lipinski definition) is 1. The van der Waals surface area contributed by atoms with Crippen molar-refractivity contribution in [3.8, 4) is 0 Å². The summed E-state index contributed by atoms with van der Waals surface area (Å²) in [6.07, 6.45) is 0. The summed E-state index contributed by atoms with van der Waals surface area (Å²) in [5.41, 5.74) is 6.63. The summed E-state index contributed by atoms with van der Waals surface area (Å²) in [5.74, 6) is 0. The second kappa shape index (κ2) is 2.11. The van der Waals surface area contributed by atoms with E-state index in [1.54, 1.807) is 0 Å². The predicted octanol–water partition coefficient (Wildman–Crippen LogP) is 1.71. The Morgan fingerprint density at radius 2 is 2.22 bits per heavy atom. The maximum absolute atomic E-state index is 5.57. The molecule has 0 atom stereocenters. The summed E-state index contributed by atoms with van der Waals surface area (Å²) in [7, 11) is 1.92. The van der Waals surface area contributed by atoms with Gasteiger partial charge in [0.1, 0.15) is 5.00 Å². The average molecular weight is 160 g/mol. The second-order valence-corrected chi connectivity index (χ2v) is 3.55. The lowest BCUT2D eigenvalue weighted by molar-refractivity contribution is 0.876. The van der Waals surface area contributed by atoms with Gasteiger partial charge in [-0.05, 0) is 19.1 Å². The third-order valence-corrected chi connectivity index (χ3v) is 2.82. The van der Waals surface area contributed by atoms with Gasteiger partial charge >= 0.3 is 0 Å². The third-order valence-electron chi connectivity index (χ3n) is 1.33. The van der Waals surface area contributed by atoms with E-state index in [0.717, 1.165) is 14.6 Å². The zero-order valence-corrected chi connectivity index (χ0v) is 6.97. The molecule has 1 rings (SSSR count). The first-order chi connectivity index (χ1) is 4.13. The molecule has 50 valence electrons. The smallest absolute Gasteiger partial charge is 0.162 e. The van der Waals surface area contributed by atoms with Gasteiger partial charge in [0, 0.05) is 12.7 Å². The predicted molar refractivity (Wildman–Crippen MR) is 43.3 cm³/mol. The van der Waals surface area contributed by atoms with Crippen molar-refractivity contribution in [1.82, 2.24) is 4.57 Å². The molecule has 0 aliphatic carbocycles. The molecule has 2 N–H and O–H groups in total. The van der Waals surface area contributed by atoms with E-state index in [2.05, 4.69) is 0 Å². The first-order valence-corrected chi connectivity index (χ1v) is 3.77. The van der Waals surface area contributed by atoms with Crippen LogP contribution in [0.3, 0.4) is 0 Å². The molecule has 0 aromatic carbocycles. The minimum Gasteiger partial charge on any atom is -0.389 e. The number of rotatable bonds is 0. The Balaban J connectivity index is 3.47. The standard InChI is InChI=1S/C5H8N2S2/c1-3-4(6)9-5(8)7(3)2/h6H2,1-2H3. The number of anilines is 1. The van der Waals surface area contributed by atoms with Gasteiger partial charge in [0.25, 0.3) is 0 Å². The van der Waals surface area contributed by atoms with E-state index in [1.807, 2.05) is 18.5 Å². The fraction of sp³-hybridized carbons (Fsp3) is 0.400. The van der Waals surface area contributed by atoms with Crippen LogP contribution in [0.2, 0.25) is 0 Å². The van der Waals surface area contributed by atoms with Gasteiger partial charge in [-0.1, -0.05) is 11.3 Å². The van der Waals surface area contributed by atoms with Crippen LogP contribution in [0.1, 0.15) is 5.69 Å². The molecule has 0 saturated heterocycles. The summed E-state index contributed by atoms with van der Waals surface area (Å²) in [6.45, 7) is 1.96. The Bertz CT molecular complexity index is 271. The van der Waals surface area contributed by atoms with E-state index in [1.165, 1.54) is 11.3 Å². The van der Waals surface area contributed by atoms with Crippen LogP contribution in [0.25, 0.3) is 0 Å². The van der Waals surface area contributed by atoms with Crippen LogP contribution in [0.5, 0.6) is 0 Å². The van der Waals surface area contributed by atoms with Crippen LogP contribution in [-0.2, 0) is 7.05 Å². The Hall–Kier alpha value is -0.350. The quantitative estimate of drug-likeness (QED) is 0.586. The average Bonchev–Trinajstić information content (AvgIpc) is 1.98. The van der Waals surface area contributed by atoms with E-state index in [0.29, 0.717) is 0 Å². The maximum atomic E-state index is 5.57. The SMILES string of the molecule is Cc1c(N)sc(=S)n1C. The summed E-state index contributed by atoms with van der Waals surface area (Å²) >= 11 is 6.41. The van der Waals surface area contributed by atoms with Gasteiger partial charge in [0.05, 0.1) is 0 Å². The maximum Gasteiger partial charge on any atom is 0.162 e. The monoisotopic (exact) mass is 160 g/mol. The van der Waals surface area contributed by atoms with Crippen molar-refractivity contribution in [1.29, 1.82) is 0 Å². The lowest BCUT2D eigenvalue weighted by atomic mass is 10.5. The highest BCUT2D eigenvalue weighted by Crippen LogP contribution is 2.18. The van der Waals surface area contributed by atoms with Crippen LogP contribution in [0, 0.1) is 10.9 Å². The highest BCUT2D eigenvalue weighted by molar-refractivity contribution is 7.73. The zero-order valence-electron chi connectivity index (χ0n) is 5.34. The van der Waals surface area contributed by atoms with E-state index in [9.17, 15) is 0 Å². The number of aromatic nitrogens is 1. The van der Waals surface area contributed by atoms with Crippen LogP contribution in [-0.4, -0.2) is 4.57 Å². The summed E-state index contributed by atoms with van der Waals surface area (Å²) in [5, 5.41) is 0.822. The molecule has 0 bridgehead atoms. The lowest BCUT2D eigenvalue weighted by Crippen LogP contribution is -1.91. The minimum absolute atomic E-state index is 0.822. The Labute approximate surface area is 62.9 Å². The number of nitrogen functional groups attached to an aromatic ring is 1. The third kappa shape index (κ3) is 0.997. The van der Waals surface area contributed by atoms with Crippen molar-refractivity contribution >= 4 is 28.6 Å². The molecular weight excluding hydrogens is 152 g/mol. The molecule has 0 amide bonds. The molecular formula is C5H8N2S2. The Morgan fingerprint density at radius 1 is 1.67 bits per heavy atom. The zero-order chi connectivity index (χ0) is 7.02.